The molecule has 3 rings (SSSR count). The van der Waals surface area contributed by atoms with E-state index in [0.717, 1.165) is 5.56 Å². The largest absolute Gasteiger partial charge is 0.497 e. The Morgan fingerprint density at radius 1 is 1.04 bits per heavy atom. The number of halogens is 3. The molecule has 2 heterocycles. The van der Waals surface area contributed by atoms with Crippen molar-refractivity contribution in [2.24, 2.45) is 0 Å². The molecule has 0 saturated carbocycles. The standard InChI is InChI=1S/C15H11F3N4O2/c1-23-10-2-3-11(12(8-10)9-4-6-19-7-5-9)13-21-22-14(24-13)20-15(16,17)18/h2-8H,1H3,(H,20,22). The Hall–Kier alpha value is -3.10. The van der Waals surface area contributed by atoms with Gasteiger partial charge in [0.1, 0.15) is 5.75 Å². The van der Waals surface area contributed by atoms with Crippen molar-refractivity contribution in [3.8, 4) is 28.3 Å². The molecule has 0 fully saturated rings. The fourth-order valence-corrected chi connectivity index (χ4v) is 2.11. The van der Waals surface area contributed by atoms with E-state index in [0.29, 0.717) is 16.9 Å². The number of benzene rings is 1. The molecule has 1 N–H and O–H groups in total. The minimum Gasteiger partial charge on any atom is -0.497 e. The molecule has 9 heteroatoms. The van der Waals surface area contributed by atoms with E-state index >= 15 is 0 Å². The number of ether oxygens (including phenoxy) is 1. The highest BCUT2D eigenvalue weighted by Gasteiger charge is 2.30. The minimum absolute atomic E-state index is 0.0452. The van der Waals surface area contributed by atoms with Crippen molar-refractivity contribution >= 4 is 6.01 Å². The molecule has 124 valence electrons. The lowest BCUT2D eigenvalue weighted by atomic mass is 10.0. The van der Waals surface area contributed by atoms with Crippen LogP contribution in [0.4, 0.5) is 19.2 Å². The number of methoxy groups -OCH3 is 1. The van der Waals surface area contributed by atoms with Crippen molar-refractivity contribution < 1.29 is 22.3 Å². The summed E-state index contributed by atoms with van der Waals surface area (Å²) in [7, 11) is 1.52. The fraction of sp³-hybridized carbons (Fsp3) is 0.133. The van der Waals surface area contributed by atoms with Gasteiger partial charge in [-0.05, 0) is 41.5 Å². The van der Waals surface area contributed by atoms with Gasteiger partial charge in [-0.2, -0.15) is 13.2 Å². The quantitative estimate of drug-likeness (QED) is 0.732. The highest BCUT2D eigenvalue weighted by Crippen LogP contribution is 2.35. The van der Waals surface area contributed by atoms with Gasteiger partial charge >= 0.3 is 12.3 Å². The van der Waals surface area contributed by atoms with Crippen LogP contribution in [-0.4, -0.2) is 28.6 Å². The summed E-state index contributed by atoms with van der Waals surface area (Å²) in [6, 6.07) is 7.80. The van der Waals surface area contributed by atoms with E-state index in [-0.39, 0.29) is 5.89 Å². The van der Waals surface area contributed by atoms with Crippen LogP contribution in [0.1, 0.15) is 0 Å². The van der Waals surface area contributed by atoms with E-state index in [2.05, 4.69) is 15.2 Å². The van der Waals surface area contributed by atoms with E-state index in [4.69, 9.17) is 9.15 Å². The van der Waals surface area contributed by atoms with Crippen molar-refractivity contribution in [2.75, 3.05) is 12.4 Å². The van der Waals surface area contributed by atoms with Crippen molar-refractivity contribution in [3.05, 3.63) is 42.7 Å². The summed E-state index contributed by atoms with van der Waals surface area (Å²) in [6.07, 6.45) is -1.45. The van der Waals surface area contributed by atoms with Crippen molar-refractivity contribution in [2.45, 2.75) is 6.30 Å². The molecule has 0 amide bonds. The highest BCUT2D eigenvalue weighted by molar-refractivity contribution is 5.81. The molecule has 0 spiro atoms. The third-order valence-corrected chi connectivity index (χ3v) is 3.12. The smallest absolute Gasteiger partial charge is 0.485 e. The number of hydrogen-bond acceptors (Lipinski definition) is 6. The first-order chi connectivity index (χ1) is 11.5. The molecule has 0 bridgehead atoms. The SMILES string of the molecule is COc1ccc(-c2nnc(NC(F)(F)F)o2)c(-c2ccncc2)c1. The van der Waals surface area contributed by atoms with Crippen molar-refractivity contribution in [1.29, 1.82) is 0 Å². The maximum absolute atomic E-state index is 12.3. The van der Waals surface area contributed by atoms with Gasteiger partial charge in [-0.25, -0.2) is 5.32 Å². The van der Waals surface area contributed by atoms with Gasteiger partial charge in [0.2, 0.25) is 5.89 Å². The number of anilines is 1. The Balaban J connectivity index is 2.05. The first-order valence-electron chi connectivity index (χ1n) is 6.73. The molecule has 2 aromatic heterocycles. The predicted octanol–water partition coefficient (Wildman–Crippen LogP) is 3.74. The normalized spacial score (nSPS) is 11.3. The predicted molar refractivity (Wildman–Crippen MR) is 79.2 cm³/mol. The number of rotatable bonds is 4. The van der Waals surface area contributed by atoms with E-state index in [9.17, 15) is 13.2 Å². The van der Waals surface area contributed by atoms with E-state index in [1.807, 2.05) is 0 Å². The maximum Gasteiger partial charge on any atom is 0.485 e. The molecule has 0 saturated heterocycles. The van der Waals surface area contributed by atoms with Crippen LogP contribution in [-0.2, 0) is 0 Å². The minimum atomic E-state index is -4.66. The Morgan fingerprint density at radius 2 is 1.79 bits per heavy atom. The molecule has 6 nitrogen and oxygen atoms in total. The Morgan fingerprint density at radius 3 is 2.46 bits per heavy atom. The van der Waals surface area contributed by atoms with Gasteiger partial charge in [-0.1, -0.05) is 5.10 Å². The molecule has 0 aliphatic rings. The van der Waals surface area contributed by atoms with Crippen LogP contribution in [0.15, 0.2) is 47.1 Å². The molecule has 1 aromatic carbocycles. The third-order valence-electron chi connectivity index (χ3n) is 3.12. The average molecular weight is 336 g/mol. The van der Waals surface area contributed by atoms with E-state index in [1.165, 1.54) is 12.4 Å². The summed E-state index contributed by atoms with van der Waals surface area (Å²) < 4.78 is 47.3. The summed E-state index contributed by atoms with van der Waals surface area (Å²) in [6.45, 7) is 0. The number of nitrogens with zero attached hydrogens (tertiary/aromatic N) is 3. The van der Waals surface area contributed by atoms with Gasteiger partial charge in [0.15, 0.2) is 0 Å². The zero-order valence-electron chi connectivity index (χ0n) is 12.3. The second-order valence-electron chi connectivity index (χ2n) is 4.68. The third kappa shape index (κ3) is 3.45. The van der Waals surface area contributed by atoms with Gasteiger partial charge in [0.05, 0.1) is 7.11 Å². The molecule has 0 radical (unpaired) electrons. The van der Waals surface area contributed by atoms with Crippen LogP contribution in [0.2, 0.25) is 0 Å². The topological polar surface area (TPSA) is 73.1 Å². The Bertz CT molecular complexity index is 834. The number of pyridine rings is 1. The molecular weight excluding hydrogens is 325 g/mol. The van der Waals surface area contributed by atoms with Crippen LogP contribution < -0.4 is 10.1 Å². The summed E-state index contributed by atoms with van der Waals surface area (Å²) in [4.78, 5) is 3.94. The summed E-state index contributed by atoms with van der Waals surface area (Å²) in [5.41, 5.74) is 1.92. The first-order valence-corrected chi connectivity index (χ1v) is 6.73. The summed E-state index contributed by atoms with van der Waals surface area (Å²) in [5, 5.41) is 8.22. The number of nitrogens with one attached hydrogen (secondary N) is 1. The van der Waals surface area contributed by atoms with E-state index in [1.54, 1.807) is 42.7 Å². The monoisotopic (exact) mass is 336 g/mol. The summed E-state index contributed by atoms with van der Waals surface area (Å²) in [5.74, 6) is 0.537. The number of hydrogen-bond donors (Lipinski definition) is 1. The first kappa shape index (κ1) is 15.8. The Kier molecular flexibility index (Phi) is 4.07. The van der Waals surface area contributed by atoms with Gasteiger partial charge in [-0.15, -0.1) is 5.10 Å². The molecular formula is C15H11F3N4O2. The zero-order chi connectivity index (χ0) is 17.2. The average Bonchev–Trinajstić information content (AvgIpc) is 3.01. The van der Waals surface area contributed by atoms with Crippen LogP contribution in [0.5, 0.6) is 5.75 Å². The van der Waals surface area contributed by atoms with Crippen LogP contribution in [0, 0.1) is 0 Å². The summed E-state index contributed by atoms with van der Waals surface area (Å²) >= 11 is 0. The Labute approximate surface area is 134 Å². The maximum atomic E-state index is 12.3. The number of alkyl halides is 3. The van der Waals surface area contributed by atoms with Crippen LogP contribution in [0.3, 0.4) is 0 Å². The lowest BCUT2D eigenvalue weighted by Crippen LogP contribution is -2.20. The highest BCUT2D eigenvalue weighted by atomic mass is 19.4. The van der Waals surface area contributed by atoms with Gasteiger partial charge < -0.3 is 9.15 Å². The second-order valence-corrected chi connectivity index (χ2v) is 4.68. The van der Waals surface area contributed by atoms with Crippen molar-refractivity contribution in [1.82, 2.24) is 15.2 Å². The molecule has 0 aliphatic carbocycles. The van der Waals surface area contributed by atoms with E-state index < -0.39 is 12.3 Å². The van der Waals surface area contributed by atoms with Crippen molar-refractivity contribution in [3.63, 3.8) is 0 Å². The van der Waals surface area contributed by atoms with Gasteiger partial charge in [0, 0.05) is 18.0 Å². The molecule has 0 atom stereocenters. The second kappa shape index (κ2) is 6.19. The van der Waals surface area contributed by atoms with Gasteiger partial charge in [0.25, 0.3) is 0 Å². The zero-order valence-corrected chi connectivity index (χ0v) is 12.3. The molecule has 0 aliphatic heterocycles. The molecule has 24 heavy (non-hydrogen) atoms. The van der Waals surface area contributed by atoms with Gasteiger partial charge in [-0.3, -0.25) is 4.98 Å². The lowest BCUT2D eigenvalue weighted by molar-refractivity contribution is -0.102. The van der Waals surface area contributed by atoms with Crippen LogP contribution in [0.25, 0.3) is 22.6 Å². The number of aromatic nitrogens is 3. The van der Waals surface area contributed by atoms with Crippen LogP contribution >= 0.6 is 0 Å². The molecule has 0 unspecified atom stereocenters. The fourth-order valence-electron chi connectivity index (χ4n) is 2.11. The lowest BCUT2D eigenvalue weighted by Gasteiger charge is -2.09. The molecule has 3 aromatic rings.